The van der Waals surface area contributed by atoms with Gasteiger partial charge in [0.2, 0.25) is 0 Å². The number of aromatic hydroxyl groups is 1. The average molecular weight is 364 g/mol. The molecule has 25 heavy (non-hydrogen) atoms. The van der Waals surface area contributed by atoms with E-state index in [-0.39, 0.29) is 10.6 Å². The Hall–Kier alpha value is -2.05. The van der Waals surface area contributed by atoms with Crippen LogP contribution < -0.4 is 4.74 Å². The average Bonchev–Trinajstić information content (AvgIpc) is 2.56. The maximum Gasteiger partial charge on any atom is 0.294 e. The van der Waals surface area contributed by atoms with Gasteiger partial charge in [0.25, 0.3) is 10.1 Å². The van der Waals surface area contributed by atoms with Crippen LogP contribution in [0.2, 0.25) is 0 Å². The fourth-order valence-corrected chi connectivity index (χ4v) is 3.09. The lowest BCUT2D eigenvalue weighted by Crippen LogP contribution is -1.98. The van der Waals surface area contributed by atoms with Crippen LogP contribution in [0.25, 0.3) is 0 Å². The van der Waals surface area contributed by atoms with Crippen LogP contribution in [-0.2, 0) is 16.5 Å². The molecular formula is C19H24O5S. The van der Waals surface area contributed by atoms with Crippen LogP contribution in [0.15, 0.2) is 47.4 Å². The van der Waals surface area contributed by atoms with Gasteiger partial charge in [0.1, 0.15) is 17.2 Å². The Balaban J connectivity index is 2.10. The van der Waals surface area contributed by atoms with Crippen LogP contribution in [-0.4, -0.2) is 18.1 Å². The minimum absolute atomic E-state index is 0.188. The molecule has 0 amide bonds. The Morgan fingerprint density at radius 3 is 2.28 bits per heavy atom. The van der Waals surface area contributed by atoms with Gasteiger partial charge in [-0.25, -0.2) is 0 Å². The molecule has 0 fully saturated rings. The van der Waals surface area contributed by atoms with E-state index in [4.69, 9.17) is 9.29 Å². The van der Waals surface area contributed by atoms with E-state index in [1.54, 1.807) is 18.2 Å². The molecule has 0 spiro atoms. The molecule has 0 atom stereocenters. The Morgan fingerprint density at radius 1 is 0.960 bits per heavy atom. The van der Waals surface area contributed by atoms with Crippen LogP contribution in [0.5, 0.6) is 17.2 Å². The quantitative estimate of drug-likeness (QED) is 0.486. The van der Waals surface area contributed by atoms with Crippen molar-refractivity contribution >= 4 is 10.1 Å². The first-order chi connectivity index (χ1) is 11.9. The highest BCUT2D eigenvalue weighted by Gasteiger charge is 2.12. The lowest BCUT2D eigenvalue weighted by Gasteiger charge is -2.13. The van der Waals surface area contributed by atoms with E-state index >= 15 is 0 Å². The van der Waals surface area contributed by atoms with Gasteiger partial charge in [-0.2, -0.15) is 8.42 Å². The molecule has 0 aliphatic carbocycles. The van der Waals surface area contributed by atoms with Crippen molar-refractivity contribution in [2.45, 2.75) is 50.3 Å². The van der Waals surface area contributed by atoms with Gasteiger partial charge in [0, 0.05) is 5.56 Å². The molecule has 0 saturated heterocycles. The maximum absolute atomic E-state index is 11.1. The third-order valence-corrected chi connectivity index (χ3v) is 4.86. The standard InChI is InChI=1S/C19H24O5S/c1-2-3-4-5-6-8-17-18(20)9-7-10-19(17)24-15-11-13-16(14-12-15)25(21,22)23/h7,9-14,20H,2-6,8H2,1H3,(H,21,22,23). The first-order valence-corrected chi connectivity index (χ1v) is 9.92. The van der Waals surface area contributed by atoms with Gasteiger partial charge >= 0.3 is 0 Å². The smallest absolute Gasteiger partial charge is 0.294 e. The van der Waals surface area contributed by atoms with Crippen LogP contribution in [0.1, 0.15) is 44.6 Å². The van der Waals surface area contributed by atoms with E-state index in [2.05, 4.69) is 6.92 Å². The molecule has 0 bridgehead atoms. The SMILES string of the molecule is CCCCCCCc1c(O)cccc1Oc1ccc(S(=O)(=O)O)cc1. The van der Waals surface area contributed by atoms with Gasteiger partial charge in [-0.3, -0.25) is 4.55 Å². The van der Waals surface area contributed by atoms with Crippen LogP contribution in [0.3, 0.4) is 0 Å². The summed E-state index contributed by atoms with van der Waals surface area (Å²) < 4.78 is 37.0. The zero-order chi connectivity index (χ0) is 18.3. The normalized spacial score (nSPS) is 11.4. The lowest BCUT2D eigenvalue weighted by molar-refractivity contribution is 0.440. The summed E-state index contributed by atoms with van der Waals surface area (Å²) in [4.78, 5) is -0.188. The number of benzene rings is 2. The number of phenols is 1. The molecule has 0 heterocycles. The zero-order valence-electron chi connectivity index (χ0n) is 14.3. The third-order valence-electron chi connectivity index (χ3n) is 3.99. The fraction of sp³-hybridized carbons (Fsp3) is 0.368. The van der Waals surface area contributed by atoms with E-state index in [0.717, 1.165) is 24.8 Å². The molecule has 0 radical (unpaired) electrons. The number of ether oxygens (including phenoxy) is 1. The molecule has 5 nitrogen and oxygen atoms in total. The van der Waals surface area contributed by atoms with E-state index in [1.807, 2.05) is 0 Å². The van der Waals surface area contributed by atoms with Gasteiger partial charge in [-0.15, -0.1) is 0 Å². The van der Waals surface area contributed by atoms with Crippen molar-refractivity contribution in [3.05, 3.63) is 48.0 Å². The molecule has 0 saturated carbocycles. The molecule has 2 N–H and O–H groups in total. The van der Waals surface area contributed by atoms with Crippen molar-refractivity contribution in [1.82, 2.24) is 0 Å². The summed E-state index contributed by atoms with van der Waals surface area (Å²) in [7, 11) is -4.22. The van der Waals surface area contributed by atoms with E-state index in [1.165, 1.54) is 43.5 Å². The second-order valence-corrected chi connectivity index (χ2v) is 7.39. The maximum atomic E-state index is 11.1. The minimum atomic E-state index is -4.22. The molecule has 6 heteroatoms. The van der Waals surface area contributed by atoms with Crippen molar-refractivity contribution in [2.75, 3.05) is 0 Å². The zero-order valence-corrected chi connectivity index (χ0v) is 15.1. The summed E-state index contributed by atoms with van der Waals surface area (Å²) in [6.07, 6.45) is 6.36. The minimum Gasteiger partial charge on any atom is -0.508 e. The Kier molecular flexibility index (Phi) is 6.84. The summed E-state index contributed by atoms with van der Waals surface area (Å²) in [6.45, 7) is 2.17. The first-order valence-electron chi connectivity index (χ1n) is 8.48. The number of unbranched alkanes of at least 4 members (excludes halogenated alkanes) is 4. The predicted octanol–water partition coefficient (Wildman–Crippen LogP) is 4.94. The molecule has 0 aromatic heterocycles. The predicted molar refractivity (Wildman–Crippen MR) is 96.9 cm³/mol. The van der Waals surface area contributed by atoms with Gasteiger partial charge in [0.15, 0.2) is 0 Å². The molecule has 136 valence electrons. The fourth-order valence-electron chi connectivity index (χ4n) is 2.61. The lowest BCUT2D eigenvalue weighted by atomic mass is 10.0. The van der Waals surface area contributed by atoms with Crippen LogP contribution in [0.4, 0.5) is 0 Å². The second kappa shape index (κ2) is 8.87. The Labute approximate surface area is 149 Å². The summed E-state index contributed by atoms with van der Waals surface area (Å²) in [5.41, 5.74) is 0.748. The highest BCUT2D eigenvalue weighted by Crippen LogP contribution is 2.33. The topological polar surface area (TPSA) is 83.8 Å². The molecule has 0 unspecified atom stereocenters. The van der Waals surface area contributed by atoms with Gasteiger partial charge < -0.3 is 9.84 Å². The third kappa shape index (κ3) is 5.76. The summed E-state index contributed by atoms with van der Waals surface area (Å²) in [6, 6.07) is 10.6. The van der Waals surface area contributed by atoms with Crippen molar-refractivity contribution in [2.24, 2.45) is 0 Å². The van der Waals surface area contributed by atoms with E-state index in [9.17, 15) is 13.5 Å². The summed E-state index contributed by atoms with van der Waals surface area (Å²) >= 11 is 0. The van der Waals surface area contributed by atoms with E-state index < -0.39 is 10.1 Å². The van der Waals surface area contributed by atoms with E-state index in [0.29, 0.717) is 11.5 Å². The van der Waals surface area contributed by atoms with Gasteiger partial charge in [-0.1, -0.05) is 38.7 Å². The largest absolute Gasteiger partial charge is 0.508 e. The molecule has 0 aliphatic heterocycles. The number of rotatable bonds is 9. The summed E-state index contributed by atoms with van der Waals surface area (Å²) in [5.74, 6) is 1.18. The molecule has 0 aliphatic rings. The Bertz CT molecular complexity index is 782. The number of phenolic OH excluding ortho intramolecular Hbond substituents is 1. The highest BCUT2D eigenvalue weighted by molar-refractivity contribution is 7.85. The first kappa shape index (κ1) is 19.3. The van der Waals surface area contributed by atoms with Crippen LogP contribution >= 0.6 is 0 Å². The van der Waals surface area contributed by atoms with Gasteiger partial charge in [0.05, 0.1) is 4.90 Å². The van der Waals surface area contributed by atoms with Crippen molar-refractivity contribution in [3.8, 4) is 17.2 Å². The van der Waals surface area contributed by atoms with Crippen molar-refractivity contribution < 1.29 is 22.8 Å². The van der Waals surface area contributed by atoms with Crippen molar-refractivity contribution in [3.63, 3.8) is 0 Å². The van der Waals surface area contributed by atoms with Crippen molar-refractivity contribution in [1.29, 1.82) is 0 Å². The summed E-state index contributed by atoms with van der Waals surface area (Å²) in [5, 5.41) is 10.1. The highest BCUT2D eigenvalue weighted by atomic mass is 32.2. The van der Waals surface area contributed by atoms with Gasteiger partial charge in [-0.05, 0) is 49.2 Å². The molecule has 2 aromatic rings. The van der Waals surface area contributed by atoms with Crippen LogP contribution in [0, 0.1) is 0 Å². The number of hydrogen-bond donors (Lipinski definition) is 2. The molecule has 2 rings (SSSR count). The monoisotopic (exact) mass is 364 g/mol. The Morgan fingerprint density at radius 2 is 1.64 bits per heavy atom. The molecule has 2 aromatic carbocycles. The second-order valence-electron chi connectivity index (χ2n) is 5.97. The molecular weight excluding hydrogens is 340 g/mol. The number of hydrogen-bond acceptors (Lipinski definition) is 4.